The quantitative estimate of drug-likeness (QED) is 0.432. The maximum absolute atomic E-state index is 12.8. The van der Waals surface area contributed by atoms with Crippen molar-refractivity contribution in [1.29, 1.82) is 0 Å². The van der Waals surface area contributed by atoms with Gasteiger partial charge in [-0.25, -0.2) is 0 Å². The molecule has 0 saturated heterocycles. The third-order valence-electron chi connectivity index (χ3n) is 5.15. The molecule has 2 amide bonds. The molecule has 7 heteroatoms. The summed E-state index contributed by atoms with van der Waals surface area (Å²) in [5, 5.41) is 9.95. The molecule has 2 N–H and O–H groups in total. The molecule has 0 aliphatic rings. The summed E-state index contributed by atoms with van der Waals surface area (Å²) in [6.07, 6.45) is 3.67. The van der Waals surface area contributed by atoms with Crippen molar-refractivity contribution in [2.45, 2.75) is 13.1 Å². The van der Waals surface area contributed by atoms with Gasteiger partial charge >= 0.3 is 0 Å². The molecule has 0 radical (unpaired) electrons. The van der Waals surface area contributed by atoms with Crippen molar-refractivity contribution in [3.8, 4) is 5.75 Å². The topological polar surface area (TPSA) is 85.2 Å². The Hall–Kier alpha value is -4.39. The van der Waals surface area contributed by atoms with Gasteiger partial charge in [0.25, 0.3) is 11.8 Å². The van der Waals surface area contributed by atoms with Crippen LogP contribution in [0.3, 0.4) is 0 Å². The van der Waals surface area contributed by atoms with Gasteiger partial charge in [-0.1, -0.05) is 36.4 Å². The number of aromatic nitrogens is 2. The molecule has 0 fully saturated rings. The van der Waals surface area contributed by atoms with Gasteiger partial charge in [0.1, 0.15) is 5.75 Å². The lowest BCUT2D eigenvalue weighted by Gasteiger charge is -2.12. The van der Waals surface area contributed by atoms with Crippen molar-refractivity contribution in [2.75, 3.05) is 12.4 Å². The van der Waals surface area contributed by atoms with Crippen LogP contribution in [-0.2, 0) is 13.1 Å². The number of nitrogens with one attached hydrogen (secondary N) is 2. The lowest BCUT2D eigenvalue weighted by molar-refractivity contribution is 0.0952. The van der Waals surface area contributed by atoms with Crippen LogP contribution in [0.15, 0.2) is 91.3 Å². The van der Waals surface area contributed by atoms with Crippen LogP contribution in [0.1, 0.15) is 31.8 Å². The highest BCUT2D eigenvalue weighted by molar-refractivity contribution is 6.09. The van der Waals surface area contributed by atoms with Gasteiger partial charge in [0, 0.05) is 24.5 Å². The van der Waals surface area contributed by atoms with Crippen LogP contribution in [0.25, 0.3) is 0 Å². The summed E-state index contributed by atoms with van der Waals surface area (Å²) in [7, 11) is 1.57. The number of ether oxygens (including phenoxy) is 1. The Morgan fingerprint density at radius 1 is 0.879 bits per heavy atom. The van der Waals surface area contributed by atoms with E-state index < -0.39 is 0 Å². The van der Waals surface area contributed by atoms with E-state index >= 15 is 0 Å². The lowest BCUT2D eigenvalue weighted by atomic mass is 10.1. The molecular formula is C26H24N4O3. The number of carbonyl (C=O) groups excluding carboxylic acids is 2. The molecule has 166 valence electrons. The zero-order valence-corrected chi connectivity index (χ0v) is 18.2. The van der Waals surface area contributed by atoms with Crippen LogP contribution in [0.4, 0.5) is 5.69 Å². The van der Waals surface area contributed by atoms with Gasteiger partial charge in [0.15, 0.2) is 0 Å². The zero-order chi connectivity index (χ0) is 23.0. The predicted molar refractivity (Wildman–Crippen MR) is 126 cm³/mol. The minimum Gasteiger partial charge on any atom is -0.497 e. The van der Waals surface area contributed by atoms with E-state index in [4.69, 9.17) is 4.74 Å². The highest BCUT2D eigenvalue weighted by Gasteiger charge is 2.14. The Morgan fingerprint density at radius 2 is 1.61 bits per heavy atom. The average molecular weight is 441 g/mol. The van der Waals surface area contributed by atoms with Gasteiger partial charge in [-0.05, 0) is 53.6 Å². The van der Waals surface area contributed by atoms with Gasteiger partial charge in [0.2, 0.25) is 0 Å². The smallest absolute Gasteiger partial charge is 0.255 e. The number of carbonyl (C=O) groups is 2. The molecule has 3 aromatic carbocycles. The molecule has 0 atom stereocenters. The Balaban J connectivity index is 1.38. The fraction of sp³-hybridized carbons (Fsp3) is 0.115. The van der Waals surface area contributed by atoms with Crippen molar-refractivity contribution < 1.29 is 14.3 Å². The largest absolute Gasteiger partial charge is 0.497 e. The first-order valence-electron chi connectivity index (χ1n) is 10.5. The van der Waals surface area contributed by atoms with Gasteiger partial charge in [0.05, 0.1) is 24.9 Å². The number of anilines is 1. The second-order valence-corrected chi connectivity index (χ2v) is 7.43. The van der Waals surface area contributed by atoms with Crippen LogP contribution in [-0.4, -0.2) is 28.7 Å². The van der Waals surface area contributed by atoms with E-state index in [1.807, 2.05) is 41.2 Å². The lowest BCUT2D eigenvalue weighted by Crippen LogP contribution is -2.25. The summed E-state index contributed by atoms with van der Waals surface area (Å²) < 4.78 is 6.98. The first-order chi connectivity index (χ1) is 16.1. The highest BCUT2D eigenvalue weighted by Crippen LogP contribution is 2.18. The molecule has 0 aliphatic carbocycles. The first kappa shape index (κ1) is 21.8. The molecule has 1 heterocycles. The summed E-state index contributed by atoms with van der Waals surface area (Å²) in [5.74, 6) is 0.104. The molecule has 0 unspecified atom stereocenters. The molecule has 4 aromatic rings. The third-order valence-corrected chi connectivity index (χ3v) is 5.15. The normalized spacial score (nSPS) is 10.5. The van der Waals surface area contributed by atoms with E-state index in [-0.39, 0.29) is 11.8 Å². The number of rotatable bonds is 8. The van der Waals surface area contributed by atoms with Crippen molar-refractivity contribution in [3.63, 3.8) is 0 Å². The van der Waals surface area contributed by atoms with Crippen LogP contribution in [0.2, 0.25) is 0 Å². The van der Waals surface area contributed by atoms with Crippen molar-refractivity contribution in [1.82, 2.24) is 15.1 Å². The van der Waals surface area contributed by atoms with Gasteiger partial charge < -0.3 is 15.4 Å². The van der Waals surface area contributed by atoms with Crippen molar-refractivity contribution in [3.05, 3.63) is 114 Å². The zero-order valence-electron chi connectivity index (χ0n) is 18.2. The summed E-state index contributed by atoms with van der Waals surface area (Å²) in [6.45, 7) is 1.07. The number of methoxy groups -OCH3 is 1. The fourth-order valence-corrected chi connectivity index (χ4v) is 3.35. The van der Waals surface area contributed by atoms with Crippen LogP contribution < -0.4 is 15.4 Å². The monoisotopic (exact) mass is 440 g/mol. The summed E-state index contributed by atoms with van der Waals surface area (Å²) in [5.41, 5.74) is 3.42. The molecule has 0 spiro atoms. The Bertz CT molecular complexity index is 1220. The summed E-state index contributed by atoms with van der Waals surface area (Å²) in [4.78, 5) is 25.5. The second kappa shape index (κ2) is 10.3. The van der Waals surface area contributed by atoms with E-state index in [1.54, 1.807) is 61.8 Å². The molecular weight excluding hydrogens is 416 g/mol. The number of benzene rings is 3. The van der Waals surface area contributed by atoms with Gasteiger partial charge in [-0.3, -0.25) is 14.3 Å². The van der Waals surface area contributed by atoms with Gasteiger partial charge in [-0.15, -0.1) is 0 Å². The maximum Gasteiger partial charge on any atom is 0.255 e. The Morgan fingerprint density at radius 3 is 2.30 bits per heavy atom. The second-order valence-electron chi connectivity index (χ2n) is 7.43. The molecule has 0 saturated carbocycles. The molecule has 0 bridgehead atoms. The molecule has 7 nitrogen and oxygen atoms in total. The highest BCUT2D eigenvalue weighted by atomic mass is 16.5. The predicted octanol–water partition coefficient (Wildman–Crippen LogP) is 4.12. The Labute approximate surface area is 192 Å². The molecule has 33 heavy (non-hydrogen) atoms. The molecule has 4 rings (SSSR count). The van der Waals surface area contributed by atoms with E-state index in [0.717, 1.165) is 11.1 Å². The van der Waals surface area contributed by atoms with E-state index in [1.165, 1.54) is 0 Å². The van der Waals surface area contributed by atoms with E-state index in [0.29, 0.717) is 35.7 Å². The number of hydrogen-bond donors (Lipinski definition) is 2. The van der Waals surface area contributed by atoms with Crippen molar-refractivity contribution >= 4 is 17.5 Å². The van der Waals surface area contributed by atoms with E-state index in [9.17, 15) is 9.59 Å². The average Bonchev–Trinajstić information content (AvgIpc) is 3.37. The van der Waals surface area contributed by atoms with Gasteiger partial charge in [-0.2, -0.15) is 5.10 Å². The maximum atomic E-state index is 12.8. The number of para-hydroxylation sites is 1. The SMILES string of the molecule is COc1ccc(C(=O)Nc2ccccc2C(=O)NCc2ccc(Cn3cccn3)cc2)cc1. The molecule has 1 aromatic heterocycles. The van der Waals surface area contributed by atoms with Crippen LogP contribution >= 0.6 is 0 Å². The third kappa shape index (κ3) is 5.65. The minimum atomic E-state index is -0.300. The Kier molecular flexibility index (Phi) is 6.80. The summed E-state index contributed by atoms with van der Waals surface area (Å²) in [6, 6.07) is 23.6. The number of amides is 2. The van der Waals surface area contributed by atoms with Crippen molar-refractivity contribution in [2.24, 2.45) is 0 Å². The number of nitrogens with zero attached hydrogens (tertiary/aromatic N) is 2. The standard InChI is InChI=1S/C26H24N4O3/c1-33-22-13-11-21(12-14-22)25(31)29-24-6-3-2-5-23(24)26(32)27-17-19-7-9-20(10-8-19)18-30-16-4-15-28-30/h2-16H,17-18H2,1H3,(H,27,32)(H,29,31). The van der Waals surface area contributed by atoms with E-state index in [2.05, 4.69) is 15.7 Å². The molecule has 0 aliphatic heterocycles. The van der Waals surface area contributed by atoms with Crippen LogP contribution in [0, 0.1) is 0 Å². The number of hydrogen-bond acceptors (Lipinski definition) is 4. The fourth-order valence-electron chi connectivity index (χ4n) is 3.35. The first-order valence-corrected chi connectivity index (χ1v) is 10.5. The minimum absolute atomic E-state index is 0.263. The van der Waals surface area contributed by atoms with Crippen LogP contribution in [0.5, 0.6) is 5.75 Å². The summed E-state index contributed by atoms with van der Waals surface area (Å²) >= 11 is 0.